The van der Waals surface area contributed by atoms with Gasteiger partial charge in [0.2, 0.25) is 5.91 Å². The molecule has 0 saturated carbocycles. The summed E-state index contributed by atoms with van der Waals surface area (Å²) in [6, 6.07) is 12.2. The summed E-state index contributed by atoms with van der Waals surface area (Å²) in [5.41, 5.74) is 1.08. The monoisotopic (exact) mass is 483 g/mol. The predicted octanol–water partition coefficient (Wildman–Crippen LogP) is 4.81. The maximum Gasteiger partial charge on any atom is 0.233 e. The Labute approximate surface area is 196 Å². The van der Waals surface area contributed by atoms with Crippen molar-refractivity contribution in [2.45, 2.75) is 12.8 Å². The van der Waals surface area contributed by atoms with Gasteiger partial charge in [0, 0.05) is 31.2 Å². The highest BCUT2D eigenvalue weighted by atomic mass is 35.5. The quantitative estimate of drug-likeness (QED) is 0.483. The molecule has 5 nitrogen and oxygen atoms in total. The number of aromatic nitrogens is 1. The summed E-state index contributed by atoms with van der Waals surface area (Å²) in [7, 11) is 0. The number of hydrogen-bond acceptors (Lipinski definition) is 5. The Kier molecular flexibility index (Phi) is 8.63. The van der Waals surface area contributed by atoms with Gasteiger partial charge in [0.15, 0.2) is 5.13 Å². The summed E-state index contributed by atoms with van der Waals surface area (Å²) in [6.07, 6.45) is 0.975. The van der Waals surface area contributed by atoms with Crippen LogP contribution in [0.4, 0.5) is 9.52 Å². The summed E-state index contributed by atoms with van der Waals surface area (Å²) in [6.45, 7) is 4.68. The third-order valence-corrected chi connectivity index (χ3v) is 6.56. The largest absolute Gasteiger partial charge is 0.379 e. The van der Waals surface area contributed by atoms with Gasteiger partial charge in [-0.25, -0.2) is 9.37 Å². The summed E-state index contributed by atoms with van der Waals surface area (Å²) in [5.74, 6) is -0.466. The van der Waals surface area contributed by atoms with Crippen molar-refractivity contribution < 1.29 is 13.9 Å². The number of fused-ring (bicyclic) bond motifs is 1. The molecule has 9 heteroatoms. The molecule has 1 aliphatic heterocycles. The normalized spacial score (nSPS) is 14.4. The van der Waals surface area contributed by atoms with Crippen LogP contribution >= 0.6 is 35.3 Å². The van der Waals surface area contributed by atoms with Gasteiger partial charge in [-0.2, -0.15) is 0 Å². The Bertz CT molecular complexity index is 1030. The number of benzene rings is 2. The van der Waals surface area contributed by atoms with Gasteiger partial charge in [-0.15, -0.1) is 12.4 Å². The standard InChI is InChI=1S/C22H23ClFN3O2S.ClH/c23-17-6-2-1-5-16(17)15-20(28)27(10-4-9-26-11-13-29-14-12-26)22-25-21-18(24)7-3-8-19(21)30-22;/h1-3,5-8H,4,9-15H2;1H. The van der Waals surface area contributed by atoms with Crippen molar-refractivity contribution in [1.82, 2.24) is 9.88 Å². The highest BCUT2D eigenvalue weighted by Gasteiger charge is 2.22. The topological polar surface area (TPSA) is 45.7 Å². The van der Waals surface area contributed by atoms with Gasteiger partial charge in [0.05, 0.1) is 24.3 Å². The van der Waals surface area contributed by atoms with E-state index in [1.807, 2.05) is 24.3 Å². The third-order valence-electron chi connectivity index (χ3n) is 5.15. The Balaban J connectivity index is 0.00000272. The highest BCUT2D eigenvalue weighted by Crippen LogP contribution is 2.31. The van der Waals surface area contributed by atoms with Crippen molar-refractivity contribution in [3.63, 3.8) is 0 Å². The fourth-order valence-corrected chi connectivity index (χ4v) is 4.75. The predicted molar refractivity (Wildman–Crippen MR) is 126 cm³/mol. The molecule has 0 aliphatic carbocycles. The molecule has 3 aromatic rings. The molecular weight excluding hydrogens is 460 g/mol. The molecule has 2 aromatic carbocycles. The number of carbonyl (C=O) groups excluding carboxylic acids is 1. The van der Waals surface area contributed by atoms with Gasteiger partial charge >= 0.3 is 0 Å². The highest BCUT2D eigenvalue weighted by molar-refractivity contribution is 7.22. The van der Waals surface area contributed by atoms with Gasteiger partial charge in [-0.1, -0.05) is 47.2 Å². The van der Waals surface area contributed by atoms with Crippen molar-refractivity contribution in [1.29, 1.82) is 0 Å². The smallest absolute Gasteiger partial charge is 0.233 e. The number of morpholine rings is 1. The fraction of sp³-hybridized carbons (Fsp3) is 0.364. The van der Waals surface area contributed by atoms with Gasteiger partial charge in [0.25, 0.3) is 0 Å². The Morgan fingerprint density at radius 2 is 1.97 bits per heavy atom. The van der Waals surface area contributed by atoms with Crippen LogP contribution in [0.2, 0.25) is 5.02 Å². The average molecular weight is 484 g/mol. The SMILES string of the molecule is Cl.O=C(Cc1ccccc1Cl)N(CCCN1CCOCC1)c1nc2c(F)cccc2s1. The molecule has 0 N–H and O–H groups in total. The van der Waals surface area contributed by atoms with E-state index in [9.17, 15) is 9.18 Å². The first-order valence-electron chi connectivity index (χ1n) is 10.0. The van der Waals surface area contributed by atoms with Crippen molar-refractivity contribution >= 4 is 56.6 Å². The number of ether oxygens (including phenoxy) is 1. The number of carbonyl (C=O) groups is 1. The number of rotatable bonds is 7. The van der Waals surface area contributed by atoms with Crippen LogP contribution in [0, 0.1) is 5.82 Å². The lowest BCUT2D eigenvalue weighted by Crippen LogP contribution is -2.39. The summed E-state index contributed by atoms with van der Waals surface area (Å²) in [5, 5.41) is 1.09. The minimum absolute atomic E-state index is 0. The molecule has 2 heterocycles. The molecule has 31 heavy (non-hydrogen) atoms. The van der Waals surface area contributed by atoms with E-state index in [1.54, 1.807) is 17.0 Å². The molecule has 0 spiro atoms. The zero-order valence-electron chi connectivity index (χ0n) is 16.9. The van der Waals surface area contributed by atoms with Crippen LogP contribution in [0.3, 0.4) is 0 Å². The molecule has 1 aromatic heterocycles. The molecule has 0 atom stereocenters. The van der Waals surface area contributed by atoms with Crippen LogP contribution in [-0.2, 0) is 16.0 Å². The second kappa shape index (κ2) is 11.2. The van der Waals surface area contributed by atoms with E-state index in [-0.39, 0.29) is 30.6 Å². The zero-order chi connectivity index (χ0) is 20.9. The minimum Gasteiger partial charge on any atom is -0.379 e. The van der Waals surface area contributed by atoms with Gasteiger partial charge < -0.3 is 4.74 Å². The molecule has 0 unspecified atom stereocenters. The summed E-state index contributed by atoms with van der Waals surface area (Å²) < 4.78 is 20.3. The minimum atomic E-state index is -0.373. The second-order valence-corrected chi connectivity index (χ2v) is 8.62. The maximum absolute atomic E-state index is 14.2. The van der Waals surface area contributed by atoms with Crippen molar-refractivity contribution in [2.75, 3.05) is 44.3 Å². The van der Waals surface area contributed by atoms with E-state index in [0.717, 1.165) is 49.5 Å². The summed E-state index contributed by atoms with van der Waals surface area (Å²) in [4.78, 5) is 21.7. The van der Waals surface area contributed by atoms with Crippen LogP contribution in [-0.4, -0.2) is 55.2 Å². The first-order chi connectivity index (χ1) is 14.6. The average Bonchev–Trinajstić information content (AvgIpc) is 3.19. The van der Waals surface area contributed by atoms with E-state index in [4.69, 9.17) is 16.3 Å². The summed E-state index contributed by atoms with van der Waals surface area (Å²) >= 11 is 7.59. The first kappa shape index (κ1) is 23.9. The number of nitrogens with zero attached hydrogens (tertiary/aromatic N) is 3. The number of hydrogen-bond donors (Lipinski definition) is 0. The molecule has 0 bridgehead atoms. The first-order valence-corrected chi connectivity index (χ1v) is 11.2. The van der Waals surface area contributed by atoms with E-state index < -0.39 is 0 Å². The number of amides is 1. The van der Waals surface area contributed by atoms with Gasteiger partial charge in [0.1, 0.15) is 11.3 Å². The molecule has 1 saturated heterocycles. The second-order valence-electron chi connectivity index (χ2n) is 7.20. The molecule has 166 valence electrons. The Morgan fingerprint density at radius 3 is 2.71 bits per heavy atom. The zero-order valence-corrected chi connectivity index (χ0v) is 19.3. The van der Waals surface area contributed by atoms with E-state index >= 15 is 0 Å². The maximum atomic E-state index is 14.2. The van der Waals surface area contributed by atoms with Crippen molar-refractivity contribution in [3.8, 4) is 0 Å². The van der Waals surface area contributed by atoms with Crippen molar-refractivity contribution in [3.05, 3.63) is 58.9 Å². The van der Waals surface area contributed by atoms with E-state index in [2.05, 4.69) is 9.88 Å². The van der Waals surface area contributed by atoms with Gasteiger partial charge in [-0.3, -0.25) is 14.6 Å². The van der Waals surface area contributed by atoms with Crippen LogP contribution in [0.1, 0.15) is 12.0 Å². The lowest BCUT2D eigenvalue weighted by Gasteiger charge is -2.27. The number of anilines is 1. The van der Waals surface area contributed by atoms with E-state index in [1.165, 1.54) is 17.4 Å². The molecule has 1 fully saturated rings. The molecule has 0 radical (unpaired) electrons. The Morgan fingerprint density at radius 1 is 1.19 bits per heavy atom. The third kappa shape index (κ3) is 5.93. The molecule has 1 amide bonds. The lowest BCUT2D eigenvalue weighted by atomic mass is 10.1. The van der Waals surface area contributed by atoms with E-state index in [0.29, 0.717) is 22.2 Å². The molecule has 1 aliphatic rings. The van der Waals surface area contributed by atoms with Crippen molar-refractivity contribution in [2.24, 2.45) is 0 Å². The van der Waals surface area contributed by atoms with Gasteiger partial charge in [-0.05, 0) is 30.2 Å². The number of para-hydroxylation sites is 1. The lowest BCUT2D eigenvalue weighted by molar-refractivity contribution is -0.118. The number of thiazole rings is 1. The molecule has 4 rings (SSSR count). The van der Waals surface area contributed by atoms with Crippen LogP contribution in [0.15, 0.2) is 42.5 Å². The van der Waals surface area contributed by atoms with Crippen LogP contribution < -0.4 is 4.90 Å². The van der Waals surface area contributed by atoms with Crippen LogP contribution in [0.5, 0.6) is 0 Å². The molecular formula is C22H24Cl2FN3O2S. The number of halogens is 3. The Hall–Kier alpha value is -1.77. The van der Waals surface area contributed by atoms with Crippen LogP contribution in [0.25, 0.3) is 10.2 Å². The fourth-order valence-electron chi connectivity index (χ4n) is 3.52.